The minimum absolute atomic E-state index is 0.0286. The molecular formula is C11H17NO4. The highest BCUT2D eigenvalue weighted by Gasteiger charge is 2.37. The van der Waals surface area contributed by atoms with E-state index in [2.05, 4.69) is 0 Å². The van der Waals surface area contributed by atoms with Crippen LogP contribution in [0.2, 0.25) is 0 Å². The van der Waals surface area contributed by atoms with Gasteiger partial charge in [0.05, 0.1) is 12.5 Å². The Labute approximate surface area is 94.7 Å². The number of hydrogen-bond donors (Lipinski definition) is 0. The van der Waals surface area contributed by atoms with Crippen LogP contribution in [-0.4, -0.2) is 41.3 Å². The van der Waals surface area contributed by atoms with Crippen molar-refractivity contribution in [1.29, 1.82) is 0 Å². The second kappa shape index (κ2) is 4.23. The summed E-state index contributed by atoms with van der Waals surface area (Å²) in [6, 6.07) is 0. The van der Waals surface area contributed by atoms with Gasteiger partial charge in [0.1, 0.15) is 11.4 Å². The highest BCUT2D eigenvalue weighted by atomic mass is 16.6. The van der Waals surface area contributed by atoms with Gasteiger partial charge in [-0.1, -0.05) is 0 Å². The molecule has 16 heavy (non-hydrogen) atoms. The van der Waals surface area contributed by atoms with Crippen LogP contribution >= 0.6 is 0 Å². The summed E-state index contributed by atoms with van der Waals surface area (Å²) in [6.07, 6.45) is -0.537. The van der Waals surface area contributed by atoms with Gasteiger partial charge in [-0.2, -0.15) is 0 Å². The molecule has 0 bridgehead atoms. The van der Waals surface area contributed by atoms with Crippen LogP contribution in [0.1, 0.15) is 27.7 Å². The second-order valence-corrected chi connectivity index (χ2v) is 4.99. The summed E-state index contributed by atoms with van der Waals surface area (Å²) < 4.78 is 5.12. The molecule has 1 fully saturated rings. The molecule has 1 amide bonds. The van der Waals surface area contributed by atoms with Crippen LogP contribution in [0.5, 0.6) is 0 Å². The minimum atomic E-state index is -0.674. The molecule has 0 aromatic heterocycles. The summed E-state index contributed by atoms with van der Waals surface area (Å²) in [5.74, 6) is -1.08. The maximum atomic E-state index is 11.6. The smallest absolute Gasteiger partial charge is 0.410 e. The van der Waals surface area contributed by atoms with Gasteiger partial charge in [-0.05, 0) is 27.7 Å². The lowest BCUT2D eigenvalue weighted by Crippen LogP contribution is -2.35. The molecule has 5 heteroatoms. The molecule has 1 heterocycles. The number of hydrogen-bond acceptors (Lipinski definition) is 4. The van der Waals surface area contributed by atoms with Crippen LogP contribution in [0, 0.1) is 5.92 Å². The molecule has 5 nitrogen and oxygen atoms in total. The number of nitrogens with zero attached hydrogens (tertiary/aromatic N) is 1. The zero-order valence-electron chi connectivity index (χ0n) is 10.1. The lowest BCUT2D eigenvalue weighted by atomic mass is 10.0. The predicted octanol–water partition coefficient (Wildman–Crippen LogP) is 1.01. The predicted molar refractivity (Wildman–Crippen MR) is 57.0 cm³/mol. The molecule has 0 saturated carbocycles. The SMILES string of the molecule is CC(=O)[C@H]1CN(C(=O)OC(C)(C)C)CC1=O. The topological polar surface area (TPSA) is 63.7 Å². The van der Waals surface area contributed by atoms with Crippen LogP contribution in [0.15, 0.2) is 0 Å². The van der Waals surface area contributed by atoms with Gasteiger partial charge in [0.15, 0.2) is 5.78 Å². The van der Waals surface area contributed by atoms with E-state index in [1.807, 2.05) is 0 Å². The Morgan fingerprint density at radius 2 is 1.94 bits per heavy atom. The number of carbonyl (C=O) groups excluding carboxylic acids is 3. The Kier molecular flexibility index (Phi) is 3.35. The fraction of sp³-hybridized carbons (Fsp3) is 0.727. The molecule has 90 valence electrons. The third-order valence-electron chi connectivity index (χ3n) is 2.28. The molecule has 1 aliphatic heterocycles. The van der Waals surface area contributed by atoms with Gasteiger partial charge in [0.2, 0.25) is 0 Å². The molecule has 1 rings (SSSR count). The molecule has 0 radical (unpaired) electrons. The number of amides is 1. The van der Waals surface area contributed by atoms with E-state index < -0.39 is 17.6 Å². The zero-order chi connectivity index (χ0) is 12.5. The Balaban J connectivity index is 2.62. The first-order chi connectivity index (χ1) is 7.20. The van der Waals surface area contributed by atoms with E-state index in [9.17, 15) is 14.4 Å². The van der Waals surface area contributed by atoms with Crippen molar-refractivity contribution in [3.63, 3.8) is 0 Å². The highest BCUT2D eigenvalue weighted by molar-refractivity contribution is 6.05. The maximum absolute atomic E-state index is 11.6. The summed E-state index contributed by atoms with van der Waals surface area (Å²) in [6.45, 7) is 6.74. The van der Waals surface area contributed by atoms with Crippen molar-refractivity contribution in [1.82, 2.24) is 4.90 Å². The summed E-state index contributed by atoms with van der Waals surface area (Å²) in [5.41, 5.74) is -0.589. The van der Waals surface area contributed by atoms with Crippen LogP contribution in [0.3, 0.4) is 0 Å². The average molecular weight is 227 g/mol. The molecule has 0 spiro atoms. The van der Waals surface area contributed by atoms with E-state index in [-0.39, 0.29) is 24.7 Å². The molecular weight excluding hydrogens is 210 g/mol. The van der Waals surface area contributed by atoms with E-state index in [1.54, 1.807) is 20.8 Å². The lowest BCUT2D eigenvalue weighted by Gasteiger charge is -2.23. The van der Waals surface area contributed by atoms with Crippen molar-refractivity contribution in [2.24, 2.45) is 5.92 Å². The molecule has 1 saturated heterocycles. The van der Waals surface area contributed by atoms with E-state index in [1.165, 1.54) is 11.8 Å². The average Bonchev–Trinajstić information content (AvgIpc) is 2.44. The van der Waals surface area contributed by atoms with Crippen LogP contribution < -0.4 is 0 Å². The van der Waals surface area contributed by atoms with Gasteiger partial charge >= 0.3 is 6.09 Å². The van der Waals surface area contributed by atoms with Crippen molar-refractivity contribution in [3.05, 3.63) is 0 Å². The monoisotopic (exact) mass is 227 g/mol. The van der Waals surface area contributed by atoms with Crippen molar-refractivity contribution >= 4 is 17.7 Å². The molecule has 0 aliphatic carbocycles. The van der Waals surface area contributed by atoms with Gasteiger partial charge in [-0.25, -0.2) is 4.79 Å². The fourth-order valence-electron chi connectivity index (χ4n) is 1.51. The third kappa shape index (κ3) is 3.05. The maximum Gasteiger partial charge on any atom is 0.410 e. The number of Topliss-reactive ketones (excluding diaryl/α,β-unsaturated/α-hetero) is 2. The molecule has 0 aromatic rings. The van der Waals surface area contributed by atoms with E-state index in [0.717, 1.165) is 0 Å². The van der Waals surface area contributed by atoms with E-state index in [0.29, 0.717) is 0 Å². The van der Waals surface area contributed by atoms with E-state index in [4.69, 9.17) is 4.74 Å². The largest absolute Gasteiger partial charge is 0.444 e. The van der Waals surface area contributed by atoms with Crippen molar-refractivity contribution in [3.8, 4) is 0 Å². The fourth-order valence-corrected chi connectivity index (χ4v) is 1.51. The number of carbonyl (C=O) groups is 3. The van der Waals surface area contributed by atoms with Gasteiger partial charge in [0.25, 0.3) is 0 Å². The van der Waals surface area contributed by atoms with Gasteiger partial charge in [0, 0.05) is 6.54 Å². The molecule has 0 N–H and O–H groups in total. The first-order valence-corrected chi connectivity index (χ1v) is 5.22. The van der Waals surface area contributed by atoms with Crippen LogP contribution in [-0.2, 0) is 14.3 Å². The lowest BCUT2D eigenvalue weighted by molar-refractivity contribution is -0.128. The standard InChI is InChI=1S/C11H17NO4/c1-7(13)8-5-12(6-9(8)14)10(15)16-11(2,3)4/h8H,5-6H2,1-4H3/t8-/m1/s1. The Morgan fingerprint density at radius 3 is 2.31 bits per heavy atom. The normalized spacial score (nSPS) is 21.1. The van der Waals surface area contributed by atoms with Crippen molar-refractivity contribution < 1.29 is 19.1 Å². The third-order valence-corrected chi connectivity index (χ3v) is 2.28. The Hall–Kier alpha value is -1.39. The number of ketones is 2. The van der Waals surface area contributed by atoms with Crippen molar-refractivity contribution in [2.75, 3.05) is 13.1 Å². The first kappa shape index (κ1) is 12.7. The Bertz CT molecular complexity index is 329. The number of rotatable bonds is 1. The van der Waals surface area contributed by atoms with Gasteiger partial charge in [-0.3, -0.25) is 14.5 Å². The molecule has 0 aromatic carbocycles. The van der Waals surface area contributed by atoms with Crippen LogP contribution in [0.4, 0.5) is 4.79 Å². The quantitative estimate of drug-likeness (QED) is 0.627. The van der Waals surface area contributed by atoms with Gasteiger partial charge < -0.3 is 4.74 Å². The molecule has 1 aliphatic rings. The summed E-state index contributed by atoms with van der Waals surface area (Å²) in [7, 11) is 0. The summed E-state index contributed by atoms with van der Waals surface area (Å²) in [4.78, 5) is 35.4. The summed E-state index contributed by atoms with van der Waals surface area (Å²) >= 11 is 0. The molecule has 1 atom stereocenters. The minimum Gasteiger partial charge on any atom is -0.444 e. The van der Waals surface area contributed by atoms with E-state index >= 15 is 0 Å². The highest BCUT2D eigenvalue weighted by Crippen LogP contribution is 2.17. The molecule has 0 unspecified atom stereocenters. The second-order valence-electron chi connectivity index (χ2n) is 4.99. The summed E-state index contributed by atoms with van der Waals surface area (Å²) in [5, 5.41) is 0. The van der Waals surface area contributed by atoms with Gasteiger partial charge in [-0.15, -0.1) is 0 Å². The van der Waals surface area contributed by atoms with Crippen LogP contribution in [0.25, 0.3) is 0 Å². The number of likely N-dealkylation sites (tertiary alicyclic amines) is 1. The Morgan fingerprint density at radius 1 is 1.38 bits per heavy atom. The first-order valence-electron chi connectivity index (χ1n) is 5.22. The number of ether oxygens (including phenoxy) is 1. The zero-order valence-corrected chi connectivity index (χ0v) is 10.1. The van der Waals surface area contributed by atoms with Crippen molar-refractivity contribution in [2.45, 2.75) is 33.3 Å².